The van der Waals surface area contributed by atoms with E-state index in [0.717, 1.165) is 13.8 Å². The maximum absolute atomic E-state index is 15.3. The molecule has 3 aromatic carbocycles. The van der Waals surface area contributed by atoms with Gasteiger partial charge in [-0.2, -0.15) is 6.32 Å². The number of allylic oxidation sites excluding steroid dienone is 1. The van der Waals surface area contributed by atoms with Crippen LogP contribution in [0.1, 0.15) is 13.8 Å². The molecule has 40 heavy (non-hydrogen) atoms. The lowest BCUT2D eigenvalue weighted by Gasteiger charge is -2.45. The fraction of sp³-hybridized carbons (Fsp3) is 0.167. The van der Waals surface area contributed by atoms with Crippen LogP contribution in [0.2, 0.25) is 6.32 Å². The van der Waals surface area contributed by atoms with E-state index in [2.05, 4.69) is 6.58 Å². The standard InChI is InChI=1S/C24H11BF15/c1-5(2)6(3)4-25(7-10(26)16(32)22(38)17(33)11(7)27,8-12(28)18(34)23(39)19(35)13(8)29)9-14(30)20(36)24(40)21(37)15(9)31/h6H,1,4H2,2-3H3/q-1. The summed E-state index contributed by atoms with van der Waals surface area (Å²) in [5.41, 5.74) is -8.09. The Bertz CT molecular complexity index is 1320. The Labute approximate surface area is 214 Å². The van der Waals surface area contributed by atoms with Crippen molar-refractivity contribution < 1.29 is 65.9 Å². The van der Waals surface area contributed by atoms with Gasteiger partial charge in [0, 0.05) is 0 Å². The summed E-state index contributed by atoms with van der Waals surface area (Å²) in [6, 6.07) is 0. The smallest absolute Gasteiger partial charge is 0.200 e. The van der Waals surface area contributed by atoms with Crippen molar-refractivity contribution in [1.29, 1.82) is 0 Å². The highest BCUT2D eigenvalue weighted by Gasteiger charge is 2.48. The number of benzene rings is 3. The third-order valence-electron chi connectivity index (χ3n) is 6.76. The third-order valence-corrected chi connectivity index (χ3v) is 6.76. The minimum absolute atomic E-state index is 0.247. The largest absolute Gasteiger partial charge is 0.207 e. The Morgan fingerprint density at radius 3 is 0.800 bits per heavy atom. The van der Waals surface area contributed by atoms with Gasteiger partial charge in [0.1, 0.15) is 41.0 Å². The van der Waals surface area contributed by atoms with Gasteiger partial charge in [0.05, 0.1) is 0 Å². The summed E-state index contributed by atoms with van der Waals surface area (Å²) in [4.78, 5) is 0. The molecule has 0 aromatic heterocycles. The topological polar surface area (TPSA) is 0 Å². The molecule has 0 radical (unpaired) electrons. The fourth-order valence-electron chi connectivity index (χ4n) is 4.68. The molecule has 0 aliphatic heterocycles. The monoisotopic (exact) mass is 595 g/mol. The summed E-state index contributed by atoms with van der Waals surface area (Å²) in [5.74, 6) is -46.7. The van der Waals surface area contributed by atoms with Crippen LogP contribution in [0, 0.1) is 93.2 Å². The number of hydrogen-bond acceptors (Lipinski definition) is 0. The Morgan fingerprint density at radius 2 is 0.625 bits per heavy atom. The molecule has 1 atom stereocenters. The van der Waals surface area contributed by atoms with Crippen molar-refractivity contribution in [2.24, 2.45) is 5.92 Å². The van der Waals surface area contributed by atoms with E-state index in [-0.39, 0.29) is 5.57 Å². The maximum Gasteiger partial charge on any atom is 0.200 e. The van der Waals surface area contributed by atoms with E-state index in [0.29, 0.717) is 0 Å². The van der Waals surface area contributed by atoms with Crippen molar-refractivity contribution in [2.45, 2.75) is 20.2 Å². The van der Waals surface area contributed by atoms with Crippen molar-refractivity contribution in [2.75, 3.05) is 0 Å². The molecule has 0 saturated carbocycles. The molecule has 0 aliphatic rings. The summed E-state index contributed by atoms with van der Waals surface area (Å²) in [5, 5.41) is 0. The van der Waals surface area contributed by atoms with Gasteiger partial charge in [-0.25, -0.2) is 65.9 Å². The van der Waals surface area contributed by atoms with E-state index < -0.39 is 122 Å². The lowest BCUT2D eigenvalue weighted by molar-refractivity contribution is 0.379. The van der Waals surface area contributed by atoms with Gasteiger partial charge in [0.15, 0.2) is 52.4 Å². The lowest BCUT2D eigenvalue weighted by Crippen LogP contribution is -2.73. The molecule has 16 heteroatoms. The van der Waals surface area contributed by atoms with Crippen molar-refractivity contribution in [3.63, 3.8) is 0 Å². The Morgan fingerprint density at radius 1 is 0.450 bits per heavy atom. The van der Waals surface area contributed by atoms with Gasteiger partial charge < -0.3 is 0 Å². The predicted octanol–water partition coefficient (Wildman–Crippen LogP) is 6.46. The first kappa shape index (κ1) is 30.9. The van der Waals surface area contributed by atoms with Crippen LogP contribution in [0.3, 0.4) is 0 Å². The van der Waals surface area contributed by atoms with E-state index in [1.807, 2.05) is 0 Å². The van der Waals surface area contributed by atoms with E-state index in [1.54, 1.807) is 0 Å². The van der Waals surface area contributed by atoms with Crippen molar-refractivity contribution in [3.05, 3.63) is 99.4 Å². The van der Waals surface area contributed by atoms with Gasteiger partial charge in [-0.1, -0.05) is 25.0 Å². The first-order valence-electron chi connectivity index (χ1n) is 10.7. The van der Waals surface area contributed by atoms with E-state index in [4.69, 9.17) is 0 Å². The van der Waals surface area contributed by atoms with Gasteiger partial charge in [-0.05, 0) is 6.92 Å². The van der Waals surface area contributed by atoms with Crippen LogP contribution in [-0.2, 0) is 0 Å². The summed E-state index contributed by atoms with van der Waals surface area (Å²) in [7, 11) is 0. The second-order valence-corrected chi connectivity index (χ2v) is 8.98. The highest BCUT2D eigenvalue weighted by molar-refractivity contribution is 7.11. The quantitative estimate of drug-likeness (QED) is 0.101. The highest BCUT2D eigenvalue weighted by atomic mass is 19.2. The molecule has 0 amide bonds. The zero-order valence-electron chi connectivity index (χ0n) is 19.7. The van der Waals surface area contributed by atoms with E-state index in [1.165, 1.54) is 0 Å². The van der Waals surface area contributed by atoms with Crippen LogP contribution in [0.25, 0.3) is 0 Å². The summed E-state index contributed by atoms with van der Waals surface area (Å²) in [6.45, 7) is 5.26. The molecule has 0 N–H and O–H groups in total. The zero-order valence-corrected chi connectivity index (χ0v) is 19.7. The lowest BCUT2D eigenvalue weighted by atomic mass is 9.12. The minimum atomic E-state index is -5.55. The molecular weight excluding hydrogens is 584 g/mol. The van der Waals surface area contributed by atoms with Gasteiger partial charge in [0.2, 0.25) is 0 Å². The van der Waals surface area contributed by atoms with E-state index >= 15 is 26.3 Å². The molecule has 0 bridgehead atoms. The predicted molar refractivity (Wildman–Crippen MR) is 112 cm³/mol. The van der Waals surface area contributed by atoms with Gasteiger partial charge >= 0.3 is 0 Å². The number of halogens is 15. The van der Waals surface area contributed by atoms with Crippen molar-refractivity contribution >= 4 is 22.5 Å². The zero-order chi connectivity index (χ0) is 30.8. The summed E-state index contributed by atoms with van der Waals surface area (Å²) in [6.07, 6.45) is -7.29. The molecule has 0 saturated heterocycles. The minimum Gasteiger partial charge on any atom is -0.207 e. The summed E-state index contributed by atoms with van der Waals surface area (Å²) >= 11 is 0. The first-order valence-corrected chi connectivity index (χ1v) is 10.7. The molecule has 3 rings (SSSR count). The highest BCUT2D eigenvalue weighted by Crippen LogP contribution is 2.32. The van der Waals surface area contributed by atoms with Crippen LogP contribution in [0.4, 0.5) is 65.9 Å². The Balaban J connectivity index is 2.92. The molecule has 0 nitrogen and oxygen atoms in total. The number of hydrogen-bond donors (Lipinski definition) is 0. The molecule has 0 fully saturated rings. The molecule has 0 spiro atoms. The van der Waals surface area contributed by atoms with Crippen LogP contribution in [0.5, 0.6) is 0 Å². The molecule has 0 heterocycles. The van der Waals surface area contributed by atoms with Crippen LogP contribution >= 0.6 is 0 Å². The molecule has 3 aromatic rings. The molecule has 1 unspecified atom stereocenters. The molecule has 0 aliphatic carbocycles. The van der Waals surface area contributed by atoms with Gasteiger partial charge in [-0.3, -0.25) is 0 Å². The van der Waals surface area contributed by atoms with Crippen LogP contribution < -0.4 is 16.4 Å². The second kappa shape index (κ2) is 10.4. The maximum atomic E-state index is 15.3. The van der Waals surface area contributed by atoms with E-state index in [9.17, 15) is 39.5 Å². The average molecular weight is 595 g/mol. The molecular formula is C24H11BF15-. The average Bonchev–Trinajstić information content (AvgIpc) is 2.90. The fourth-order valence-corrected chi connectivity index (χ4v) is 4.68. The number of rotatable bonds is 6. The second-order valence-electron chi connectivity index (χ2n) is 8.98. The summed E-state index contributed by atoms with van der Waals surface area (Å²) < 4.78 is 219. The third kappa shape index (κ3) is 4.22. The first-order chi connectivity index (χ1) is 18.4. The van der Waals surface area contributed by atoms with Gasteiger partial charge in [-0.15, -0.1) is 16.4 Å². The van der Waals surface area contributed by atoms with Crippen molar-refractivity contribution in [1.82, 2.24) is 0 Å². The van der Waals surface area contributed by atoms with Crippen LogP contribution in [-0.4, -0.2) is 6.15 Å². The van der Waals surface area contributed by atoms with Crippen molar-refractivity contribution in [3.8, 4) is 0 Å². The Kier molecular flexibility index (Phi) is 8.07. The SMILES string of the molecule is C=C(C)C(C)C[B-](c1c(F)c(F)c(F)c(F)c1F)(c1c(F)c(F)c(F)c(F)c1F)c1c(F)c(F)c(F)c(F)c1F. The molecule has 216 valence electrons. The van der Waals surface area contributed by atoms with Gasteiger partial charge in [0.25, 0.3) is 0 Å². The Hall–Kier alpha value is -3.59. The van der Waals surface area contributed by atoms with Crippen LogP contribution in [0.15, 0.2) is 12.2 Å². The normalized spacial score (nSPS) is 12.7.